The number of phenols is 1. The second-order valence-corrected chi connectivity index (χ2v) is 13.8. The topological polar surface area (TPSA) is 87.0 Å². The molecule has 4 atom stereocenters. The van der Waals surface area contributed by atoms with Crippen LogP contribution >= 0.6 is 15.9 Å². The van der Waals surface area contributed by atoms with Crippen molar-refractivity contribution in [3.63, 3.8) is 0 Å². The number of para-hydroxylation sites is 1. The van der Waals surface area contributed by atoms with E-state index < -0.39 is 17.1 Å². The zero-order valence-electron chi connectivity index (χ0n) is 23.9. The molecular weight excluding hydrogens is 606 g/mol. The molecule has 1 aromatic heterocycles. The molecule has 1 saturated heterocycles. The fourth-order valence-corrected chi connectivity index (χ4v) is 9.24. The number of alkyl halides is 1. The number of benzene rings is 3. The van der Waals surface area contributed by atoms with Gasteiger partial charge in [0.05, 0.1) is 22.0 Å². The molecular formula is C35H34BrN3O4. The second-order valence-electron chi connectivity index (χ2n) is 13.3. The van der Waals surface area contributed by atoms with Crippen LogP contribution in [0.1, 0.15) is 53.3 Å². The Kier molecular flexibility index (Phi) is 5.52. The van der Waals surface area contributed by atoms with E-state index in [1.165, 1.54) is 18.4 Å². The van der Waals surface area contributed by atoms with E-state index in [-0.39, 0.29) is 23.0 Å². The van der Waals surface area contributed by atoms with Crippen molar-refractivity contribution in [1.82, 2.24) is 9.47 Å². The quantitative estimate of drug-likeness (QED) is 0.245. The lowest BCUT2D eigenvalue weighted by Crippen LogP contribution is -2.74. The Hall–Kier alpha value is -3.33. The highest BCUT2D eigenvalue weighted by molar-refractivity contribution is 9.09. The Morgan fingerprint density at radius 3 is 2.81 bits per heavy atom. The number of anilines is 1. The lowest BCUT2D eigenvalue weighted by atomic mass is 9.49. The average Bonchev–Trinajstić information content (AvgIpc) is 3.68. The third-order valence-electron chi connectivity index (χ3n) is 11.0. The number of rotatable bonds is 6. The normalized spacial score (nSPS) is 28.3. The summed E-state index contributed by atoms with van der Waals surface area (Å²) in [6.07, 6.45) is 4.26. The first-order chi connectivity index (χ1) is 20.9. The molecule has 3 aliphatic carbocycles. The Labute approximate surface area is 258 Å². The summed E-state index contributed by atoms with van der Waals surface area (Å²) < 4.78 is 9.28. The number of ether oxygens (including phenoxy) is 1. The first-order valence-corrected chi connectivity index (χ1v) is 16.6. The Morgan fingerprint density at radius 1 is 1.12 bits per heavy atom. The van der Waals surface area contributed by atoms with Gasteiger partial charge in [0.2, 0.25) is 5.91 Å². The van der Waals surface area contributed by atoms with Crippen LogP contribution in [0, 0.1) is 5.92 Å². The minimum absolute atomic E-state index is 0.000862. The van der Waals surface area contributed by atoms with Crippen molar-refractivity contribution in [3.8, 4) is 11.5 Å². The number of hydrogen-bond acceptors (Lipinski definition) is 5. The van der Waals surface area contributed by atoms with Gasteiger partial charge in [-0.15, -0.1) is 0 Å². The van der Waals surface area contributed by atoms with E-state index in [9.17, 15) is 15.0 Å². The number of nitrogens with zero attached hydrogens (tertiary/aromatic N) is 2. The summed E-state index contributed by atoms with van der Waals surface area (Å²) >= 11 is 3.24. The third-order valence-corrected chi connectivity index (χ3v) is 11.5. The van der Waals surface area contributed by atoms with Crippen molar-refractivity contribution in [2.24, 2.45) is 5.92 Å². The Balaban J connectivity index is 1.24. The number of piperidine rings is 1. The molecule has 1 spiro atoms. The van der Waals surface area contributed by atoms with Gasteiger partial charge in [-0.25, -0.2) is 0 Å². The summed E-state index contributed by atoms with van der Waals surface area (Å²) in [5, 5.41) is 28.7. The number of halogens is 1. The van der Waals surface area contributed by atoms with E-state index in [0.29, 0.717) is 18.7 Å². The van der Waals surface area contributed by atoms with Crippen molar-refractivity contribution in [2.45, 2.75) is 61.8 Å². The largest absolute Gasteiger partial charge is 0.504 e. The van der Waals surface area contributed by atoms with Gasteiger partial charge in [-0.3, -0.25) is 9.69 Å². The van der Waals surface area contributed by atoms with E-state index in [1.54, 1.807) is 6.07 Å². The molecule has 7 nitrogen and oxygen atoms in total. The number of likely N-dealkylation sites (tertiary alicyclic amines) is 1. The minimum Gasteiger partial charge on any atom is -0.504 e. The summed E-state index contributed by atoms with van der Waals surface area (Å²) in [7, 11) is 0. The average molecular weight is 641 g/mol. The molecule has 3 heterocycles. The first kappa shape index (κ1) is 26.1. The Morgan fingerprint density at radius 2 is 1.98 bits per heavy atom. The van der Waals surface area contributed by atoms with Crippen molar-refractivity contribution < 1.29 is 19.7 Å². The maximum absolute atomic E-state index is 13.2. The first-order valence-electron chi connectivity index (χ1n) is 15.4. The van der Waals surface area contributed by atoms with Gasteiger partial charge < -0.3 is 24.8 Å². The maximum atomic E-state index is 13.2. The molecule has 8 heteroatoms. The van der Waals surface area contributed by atoms with Gasteiger partial charge >= 0.3 is 0 Å². The third kappa shape index (κ3) is 3.51. The lowest BCUT2D eigenvalue weighted by Gasteiger charge is -2.63. The van der Waals surface area contributed by atoms with Gasteiger partial charge in [-0.05, 0) is 79.1 Å². The fraction of sp³-hybridized carbons (Fsp3) is 0.400. The van der Waals surface area contributed by atoms with Crippen LogP contribution in [0.2, 0.25) is 0 Å². The Bertz CT molecular complexity index is 1830. The molecule has 2 aliphatic heterocycles. The molecule has 2 unspecified atom stereocenters. The van der Waals surface area contributed by atoms with Gasteiger partial charge in [-0.2, -0.15) is 0 Å². The van der Waals surface area contributed by atoms with Crippen LogP contribution in [0.15, 0.2) is 60.7 Å². The van der Waals surface area contributed by atoms with Crippen LogP contribution in [0.5, 0.6) is 11.5 Å². The summed E-state index contributed by atoms with van der Waals surface area (Å²) in [5.74, 6) is 1.36. The molecule has 1 amide bonds. The van der Waals surface area contributed by atoms with Crippen LogP contribution in [0.25, 0.3) is 10.9 Å². The standard InChI is InChI=1S/C35H34BrN3O4/c36-17-29(41)37-23-5-3-4-21(14-23)19-39-26-7-2-1-6-24(26)25-16-35(42)28-15-22-10-11-27(40)32-30(22)34(35,33(43-32)31(25)39)12-13-38(28)18-20-8-9-20/h1-7,10-11,14,20,28,33,40,42H,8-9,12-13,15-19H2,(H,37,41)/t28?,33-,34?,35+/m0/s1. The number of carbonyl (C=O) groups is 1. The van der Waals surface area contributed by atoms with Crippen molar-refractivity contribution in [2.75, 3.05) is 23.7 Å². The van der Waals surface area contributed by atoms with Gasteiger partial charge in [0.15, 0.2) is 17.6 Å². The number of aromatic hydroxyl groups is 1. The predicted molar refractivity (Wildman–Crippen MR) is 168 cm³/mol. The van der Waals surface area contributed by atoms with Gasteiger partial charge in [0.1, 0.15) is 0 Å². The van der Waals surface area contributed by atoms with E-state index in [0.717, 1.165) is 70.8 Å². The van der Waals surface area contributed by atoms with Gasteiger partial charge in [0.25, 0.3) is 0 Å². The van der Waals surface area contributed by atoms with Crippen LogP contribution in [0.3, 0.4) is 0 Å². The number of phenolic OH excluding ortho intramolecular Hbond substituents is 1. The fourth-order valence-electron chi connectivity index (χ4n) is 9.10. The number of nitrogens with one attached hydrogen (secondary N) is 1. The molecule has 43 heavy (non-hydrogen) atoms. The van der Waals surface area contributed by atoms with Crippen molar-refractivity contribution in [1.29, 1.82) is 0 Å². The molecule has 3 aromatic carbocycles. The smallest absolute Gasteiger partial charge is 0.235 e. The number of carbonyl (C=O) groups excluding carboxylic acids is 1. The number of hydrogen-bond donors (Lipinski definition) is 3. The van der Waals surface area contributed by atoms with Crippen LogP contribution in [0.4, 0.5) is 5.69 Å². The highest BCUT2D eigenvalue weighted by atomic mass is 79.9. The summed E-state index contributed by atoms with van der Waals surface area (Å²) in [6.45, 7) is 2.56. The van der Waals surface area contributed by atoms with Gasteiger partial charge in [-0.1, -0.05) is 52.3 Å². The van der Waals surface area contributed by atoms with Crippen LogP contribution < -0.4 is 10.1 Å². The van der Waals surface area contributed by atoms with Crippen LogP contribution in [-0.4, -0.2) is 55.6 Å². The zero-order valence-corrected chi connectivity index (χ0v) is 25.4. The number of amides is 1. The molecule has 4 aromatic rings. The summed E-state index contributed by atoms with van der Waals surface area (Å²) in [6, 6.07) is 20.3. The zero-order chi connectivity index (χ0) is 29.1. The molecule has 2 fully saturated rings. The number of fused-ring (bicyclic) bond motifs is 4. The molecule has 1 saturated carbocycles. The minimum atomic E-state index is -1.02. The highest BCUT2D eigenvalue weighted by Gasteiger charge is 2.73. The predicted octanol–water partition coefficient (Wildman–Crippen LogP) is 5.43. The van der Waals surface area contributed by atoms with E-state index >= 15 is 0 Å². The molecule has 2 bridgehead atoms. The number of aliphatic hydroxyl groups is 1. The summed E-state index contributed by atoms with van der Waals surface area (Å²) in [5.41, 5.74) is 5.76. The summed E-state index contributed by atoms with van der Waals surface area (Å²) in [4.78, 5) is 14.7. The highest BCUT2D eigenvalue weighted by Crippen LogP contribution is 2.69. The van der Waals surface area contributed by atoms with E-state index in [1.807, 2.05) is 18.2 Å². The van der Waals surface area contributed by atoms with Crippen molar-refractivity contribution in [3.05, 3.63) is 88.6 Å². The van der Waals surface area contributed by atoms with E-state index in [4.69, 9.17) is 4.74 Å². The molecule has 5 aliphatic rings. The van der Waals surface area contributed by atoms with Gasteiger partial charge in [0, 0.05) is 47.7 Å². The van der Waals surface area contributed by atoms with Crippen molar-refractivity contribution >= 4 is 38.4 Å². The lowest BCUT2D eigenvalue weighted by molar-refractivity contribution is -0.173. The van der Waals surface area contributed by atoms with Crippen LogP contribution in [-0.2, 0) is 29.6 Å². The second kappa shape index (κ2) is 9.10. The maximum Gasteiger partial charge on any atom is 0.235 e. The van der Waals surface area contributed by atoms with E-state index in [2.05, 4.69) is 67.1 Å². The SMILES string of the molecule is O=C(CBr)Nc1cccc(Cn2c3c(c4ccccc42)C[C@@]2(O)C4Cc5ccc(O)c6c5C2(CCN4CC2CC2)[C@H]3O6)c1. The number of aromatic nitrogens is 1. The molecule has 9 rings (SSSR count). The molecule has 3 N–H and O–H groups in total. The monoisotopic (exact) mass is 639 g/mol. The molecule has 0 radical (unpaired) electrons. The molecule has 220 valence electrons.